The van der Waals surface area contributed by atoms with Gasteiger partial charge in [-0.1, -0.05) is 6.07 Å². The maximum atomic E-state index is 12.8. The van der Waals surface area contributed by atoms with E-state index in [0.717, 1.165) is 17.7 Å². The quantitative estimate of drug-likeness (QED) is 0.496. The van der Waals surface area contributed by atoms with E-state index < -0.39 is 14.9 Å². The summed E-state index contributed by atoms with van der Waals surface area (Å²) in [5.41, 5.74) is 2.11. The number of nitrogens with zero attached hydrogens (tertiary/aromatic N) is 3. The lowest BCUT2D eigenvalue weighted by atomic mass is 10.1. The van der Waals surface area contributed by atoms with E-state index in [-0.39, 0.29) is 22.2 Å². The van der Waals surface area contributed by atoms with Crippen molar-refractivity contribution in [3.8, 4) is 0 Å². The number of fused-ring (bicyclic) bond motifs is 1. The zero-order valence-electron chi connectivity index (χ0n) is 15.6. The molecule has 0 saturated heterocycles. The molecule has 4 rings (SSSR count). The number of aromatic nitrogens is 1. The van der Waals surface area contributed by atoms with Crippen LogP contribution >= 0.6 is 0 Å². The van der Waals surface area contributed by atoms with Crippen molar-refractivity contribution in [3.63, 3.8) is 0 Å². The lowest BCUT2D eigenvalue weighted by Gasteiger charge is -2.18. The zero-order valence-corrected chi connectivity index (χ0v) is 16.4. The molecule has 0 saturated carbocycles. The summed E-state index contributed by atoms with van der Waals surface area (Å²) >= 11 is 0. The van der Waals surface area contributed by atoms with Gasteiger partial charge in [-0.3, -0.25) is 24.6 Å². The molecule has 2 heterocycles. The molecule has 9 nitrogen and oxygen atoms in total. The SMILES string of the molecule is O=C(c1cccnc1)N1CCc2ccc(NS(=O)(=O)c3ccc([N+](=O)[O-])cc3)cc21. The average molecular weight is 424 g/mol. The highest BCUT2D eigenvalue weighted by atomic mass is 32.2. The highest BCUT2D eigenvalue weighted by Crippen LogP contribution is 2.32. The van der Waals surface area contributed by atoms with Crippen LogP contribution in [0.5, 0.6) is 0 Å². The largest absolute Gasteiger partial charge is 0.308 e. The van der Waals surface area contributed by atoms with Crippen LogP contribution in [0.3, 0.4) is 0 Å². The number of carbonyl (C=O) groups excluding carboxylic acids is 1. The molecule has 0 spiro atoms. The van der Waals surface area contributed by atoms with Crippen LogP contribution in [0, 0.1) is 10.1 Å². The molecule has 1 N–H and O–H groups in total. The van der Waals surface area contributed by atoms with Crippen molar-refractivity contribution in [3.05, 3.63) is 88.2 Å². The van der Waals surface area contributed by atoms with Crippen molar-refractivity contribution in [2.45, 2.75) is 11.3 Å². The van der Waals surface area contributed by atoms with E-state index in [0.29, 0.717) is 24.2 Å². The topological polar surface area (TPSA) is 123 Å². The molecule has 1 aliphatic heterocycles. The number of benzene rings is 2. The molecular formula is C20H16N4O5S. The Kier molecular flexibility index (Phi) is 4.92. The first-order valence-electron chi connectivity index (χ1n) is 8.97. The molecular weight excluding hydrogens is 408 g/mol. The second-order valence-corrected chi connectivity index (χ2v) is 8.33. The molecule has 1 aromatic heterocycles. The van der Waals surface area contributed by atoms with Gasteiger partial charge < -0.3 is 4.90 Å². The van der Waals surface area contributed by atoms with Gasteiger partial charge in [0.05, 0.1) is 21.1 Å². The third kappa shape index (κ3) is 3.72. The molecule has 0 unspecified atom stereocenters. The number of sulfonamides is 1. The Balaban J connectivity index is 1.60. The predicted molar refractivity (Wildman–Crippen MR) is 110 cm³/mol. The summed E-state index contributed by atoms with van der Waals surface area (Å²) in [4.78, 5) is 28.4. The molecule has 0 fully saturated rings. The van der Waals surface area contributed by atoms with Gasteiger partial charge in [0.15, 0.2) is 0 Å². The number of hydrogen-bond acceptors (Lipinski definition) is 6. The van der Waals surface area contributed by atoms with Crippen LogP contribution in [0.2, 0.25) is 0 Å². The summed E-state index contributed by atoms with van der Waals surface area (Å²) in [5.74, 6) is -0.211. The van der Waals surface area contributed by atoms with Crippen LogP contribution in [0.4, 0.5) is 17.1 Å². The lowest BCUT2D eigenvalue weighted by molar-refractivity contribution is -0.384. The molecule has 152 valence electrons. The van der Waals surface area contributed by atoms with Gasteiger partial charge >= 0.3 is 0 Å². The van der Waals surface area contributed by atoms with Gasteiger partial charge in [-0.2, -0.15) is 0 Å². The molecule has 0 radical (unpaired) electrons. The van der Waals surface area contributed by atoms with E-state index in [1.165, 1.54) is 18.3 Å². The normalized spacial score (nSPS) is 13.0. The van der Waals surface area contributed by atoms with Gasteiger partial charge in [0, 0.05) is 36.8 Å². The van der Waals surface area contributed by atoms with Crippen LogP contribution in [0.1, 0.15) is 15.9 Å². The van der Waals surface area contributed by atoms with E-state index in [9.17, 15) is 23.3 Å². The van der Waals surface area contributed by atoms with Crippen LogP contribution in [0.25, 0.3) is 0 Å². The molecule has 0 atom stereocenters. The fraction of sp³-hybridized carbons (Fsp3) is 0.100. The van der Waals surface area contributed by atoms with E-state index in [4.69, 9.17) is 0 Å². The minimum absolute atomic E-state index is 0.100. The predicted octanol–water partition coefficient (Wildman–Crippen LogP) is 2.99. The minimum atomic E-state index is -3.95. The Morgan fingerprint density at radius 3 is 2.57 bits per heavy atom. The van der Waals surface area contributed by atoms with Crippen molar-refractivity contribution < 1.29 is 18.1 Å². The molecule has 2 aromatic carbocycles. The number of anilines is 2. The Labute approximate surface area is 172 Å². The molecule has 3 aromatic rings. The first-order chi connectivity index (χ1) is 14.3. The number of hydrogen-bond donors (Lipinski definition) is 1. The summed E-state index contributed by atoms with van der Waals surface area (Å²) < 4.78 is 27.8. The van der Waals surface area contributed by atoms with E-state index >= 15 is 0 Å². The number of non-ortho nitro benzene ring substituents is 1. The van der Waals surface area contributed by atoms with Crippen molar-refractivity contribution in [1.82, 2.24) is 4.98 Å². The fourth-order valence-corrected chi connectivity index (χ4v) is 4.31. The monoisotopic (exact) mass is 424 g/mol. The van der Waals surface area contributed by atoms with Crippen molar-refractivity contribution in [2.24, 2.45) is 0 Å². The highest BCUT2D eigenvalue weighted by Gasteiger charge is 2.26. The van der Waals surface area contributed by atoms with Crippen LogP contribution in [-0.4, -0.2) is 30.8 Å². The van der Waals surface area contributed by atoms with E-state index in [1.54, 1.807) is 41.4 Å². The lowest BCUT2D eigenvalue weighted by Crippen LogP contribution is -2.29. The minimum Gasteiger partial charge on any atom is -0.308 e. The number of pyridine rings is 1. The summed E-state index contributed by atoms with van der Waals surface area (Å²) in [6, 6.07) is 13.0. The van der Waals surface area contributed by atoms with E-state index in [1.807, 2.05) is 0 Å². The first-order valence-corrected chi connectivity index (χ1v) is 10.5. The number of amides is 1. The highest BCUT2D eigenvalue weighted by molar-refractivity contribution is 7.92. The van der Waals surface area contributed by atoms with Crippen LogP contribution in [0.15, 0.2) is 71.9 Å². The van der Waals surface area contributed by atoms with Gasteiger partial charge in [-0.15, -0.1) is 0 Å². The molecule has 1 aliphatic rings. The fourth-order valence-electron chi connectivity index (χ4n) is 3.26. The van der Waals surface area contributed by atoms with Crippen molar-refractivity contribution in [1.29, 1.82) is 0 Å². The van der Waals surface area contributed by atoms with Gasteiger partial charge in [0.2, 0.25) is 0 Å². The average Bonchev–Trinajstić information content (AvgIpc) is 3.17. The second-order valence-electron chi connectivity index (χ2n) is 6.65. The van der Waals surface area contributed by atoms with Gasteiger partial charge in [-0.25, -0.2) is 8.42 Å². The summed E-state index contributed by atoms with van der Waals surface area (Å²) in [6.07, 6.45) is 3.73. The molecule has 1 amide bonds. The molecule has 10 heteroatoms. The third-order valence-electron chi connectivity index (χ3n) is 4.74. The van der Waals surface area contributed by atoms with Crippen LogP contribution < -0.4 is 9.62 Å². The number of nitro groups is 1. The second kappa shape index (κ2) is 7.56. The summed E-state index contributed by atoms with van der Waals surface area (Å²) in [5, 5.41) is 10.8. The van der Waals surface area contributed by atoms with E-state index in [2.05, 4.69) is 9.71 Å². The molecule has 0 bridgehead atoms. The third-order valence-corrected chi connectivity index (χ3v) is 6.14. The Hall–Kier alpha value is -3.79. The standard InChI is InChI=1S/C20H16N4O5S/c25-20(15-2-1-10-21-13-15)23-11-9-14-3-4-16(12-19(14)23)22-30(28,29)18-7-5-17(6-8-18)24(26)27/h1-8,10,12-13,22H,9,11H2. The van der Waals surface area contributed by atoms with Crippen molar-refractivity contribution >= 4 is 33.0 Å². The summed E-state index contributed by atoms with van der Waals surface area (Å²) in [6.45, 7) is 0.488. The summed E-state index contributed by atoms with van der Waals surface area (Å²) in [7, 11) is -3.95. The number of nitrogens with one attached hydrogen (secondary N) is 1. The van der Waals surface area contributed by atoms with Crippen molar-refractivity contribution in [2.75, 3.05) is 16.2 Å². The smallest absolute Gasteiger partial charge is 0.269 e. The Morgan fingerprint density at radius 2 is 1.90 bits per heavy atom. The Morgan fingerprint density at radius 1 is 1.13 bits per heavy atom. The van der Waals surface area contributed by atoms with Gasteiger partial charge in [0.25, 0.3) is 21.6 Å². The number of rotatable bonds is 5. The Bertz CT molecular complexity index is 1230. The van der Waals surface area contributed by atoms with Gasteiger partial charge in [-0.05, 0) is 48.4 Å². The zero-order chi connectivity index (χ0) is 21.3. The number of carbonyl (C=O) groups is 1. The maximum absolute atomic E-state index is 12.8. The maximum Gasteiger partial charge on any atom is 0.269 e. The van der Waals surface area contributed by atoms with Crippen LogP contribution in [-0.2, 0) is 16.4 Å². The molecule has 0 aliphatic carbocycles. The number of nitro benzene ring substituents is 1. The first kappa shape index (κ1) is 19.5. The van der Waals surface area contributed by atoms with Gasteiger partial charge in [0.1, 0.15) is 0 Å². The molecule has 30 heavy (non-hydrogen) atoms.